The zero-order valence-corrected chi connectivity index (χ0v) is 32.9. The van der Waals surface area contributed by atoms with Crippen LogP contribution < -0.4 is 30.5 Å². The maximum absolute atomic E-state index is 13.7. The predicted octanol–water partition coefficient (Wildman–Crippen LogP) is 5.39. The summed E-state index contributed by atoms with van der Waals surface area (Å²) in [4.78, 5) is 57.0. The van der Waals surface area contributed by atoms with E-state index in [1.807, 2.05) is 6.92 Å². The number of hydrogen-bond acceptors (Lipinski definition) is 10. The Bertz CT molecular complexity index is 2150. The highest BCUT2D eigenvalue weighted by atomic mass is 35.5. The highest BCUT2D eigenvalue weighted by Crippen LogP contribution is 2.41. The number of nitrogens with zero attached hydrogens (tertiary/aromatic N) is 5. The first-order valence-corrected chi connectivity index (χ1v) is 18.9. The quantitative estimate of drug-likeness (QED) is 0.169. The topological polar surface area (TPSA) is 150 Å². The zero-order chi connectivity index (χ0) is 41.2. The molecule has 300 valence electrons. The SMILES string of the molecule is C[C@@H]1CN(CCOc2ccc(N3C(=S)N(c4ccc(C#N)c(C(F)(F)F)c4)C(=O)C3(C)C)cc2Cl)CCN1CC(=O)Nc1cccc(NC2CCC(=O)NC2=O)c1. The van der Waals surface area contributed by atoms with Gasteiger partial charge < -0.3 is 20.3 Å². The van der Waals surface area contributed by atoms with Gasteiger partial charge in [-0.15, -0.1) is 0 Å². The molecule has 18 heteroatoms. The normalized spacial score (nSPS) is 20.3. The fourth-order valence-electron chi connectivity index (χ4n) is 7.10. The molecule has 3 heterocycles. The van der Waals surface area contributed by atoms with Gasteiger partial charge in [0.15, 0.2) is 5.11 Å². The Balaban J connectivity index is 0.994. The number of imide groups is 1. The lowest BCUT2D eigenvalue weighted by Gasteiger charge is -2.39. The lowest BCUT2D eigenvalue weighted by molar-refractivity contribution is -0.138. The standard InChI is InChI=1S/C39H40ClF3N8O5S/c1-23-21-48(13-14-49(23)22-34(53)46-26-6-4-5-25(17-26)45-31-10-12-33(52)47-35(31)54)15-16-56-32-11-9-28(19-30(32)40)51-37(57)50(36(55)38(51,2)3)27-8-7-24(20-44)29(18-27)39(41,42)43/h4-9,11,17-19,23,31,45H,10,12-16,21-22H2,1-3H3,(H,46,53)(H,47,52,54)/t23-,31?/m1/s1. The maximum Gasteiger partial charge on any atom is 0.417 e. The van der Waals surface area contributed by atoms with Crippen molar-refractivity contribution in [3.63, 3.8) is 0 Å². The molecule has 3 aliphatic rings. The molecule has 57 heavy (non-hydrogen) atoms. The molecule has 0 bridgehead atoms. The highest BCUT2D eigenvalue weighted by Gasteiger charge is 2.51. The lowest BCUT2D eigenvalue weighted by Crippen LogP contribution is -2.54. The third kappa shape index (κ3) is 9.15. The molecule has 3 fully saturated rings. The summed E-state index contributed by atoms with van der Waals surface area (Å²) < 4.78 is 47.2. The molecule has 0 radical (unpaired) electrons. The van der Waals surface area contributed by atoms with Gasteiger partial charge in [-0.3, -0.25) is 39.2 Å². The number of carbonyl (C=O) groups excluding carboxylic acids is 4. The molecular formula is C39H40ClF3N8O5S. The molecule has 3 aliphatic heterocycles. The second-order valence-electron chi connectivity index (χ2n) is 14.5. The van der Waals surface area contributed by atoms with Crippen molar-refractivity contribution in [3.05, 3.63) is 76.8 Å². The summed E-state index contributed by atoms with van der Waals surface area (Å²) in [6, 6.07) is 16.1. The molecule has 0 aliphatic carbocycles. The van der Waals surface area contributed by atoms with Gasteiger partial charge in [-0.05, 0) is 94.0 Å². The van der Waals surface area contributed by atoms with Crippen LogP contribution in [0, 0.1) is 11.3 Å². The summed E-state index contributed by atoms with van der Waals surface area (Å²) in [5, 5.41) is 17.8. The molecule has 6 rings (SSSR count). The molecule has 3 aromatic carbocycles. The van der Waals surface area contributed by atoms with Crippen LogP contribution in [0.2, 0.25) is 5.02 Å². The minimum absolute atomic E-state index is 0.0492. The molecule has 3 saturated heterocycles. The van der Waals surface area contributed by atoms with Crippen molar-refractivity contribution in [1.29, 1.82) is 5.26 Å². The molecule has 1 unspecified atom stereocenters. The Kier molecular flexibility index (Phi) is 12.1. The maximum atomic E-state index is 13.7. The number of amides is 4. The second kappa shape index (κ2) is 16.7. The molecule has 4 amide bonds. The third-order valence-corrected chi connectivity index (χ3v) is 10.8. The number of halogens is 4. The molecule has 0 spiro atoms. The van der Waals surface area contributed by atoms with Crippen LogP contribution in [0.5, 0.6) is 5.75 Å². The minimum atomic E-state index is -4.81. The summed E-state index contributed by atoms with van der Waals surface area (Å²) in [6.45, 7) is 8.41. The van der Waals surface area contributed by atoms with Crippen molar-refractivity contribution in [3.8, 4) is 11.8 Å². The van der Waals surface area contributed by atoms with Gasteiger partial charge in [0.05, 0.1) is 34.5 Å². The summed E-state index contributed by atoms with van der Waals surface area (Å²) >= 11 is 12.3. The van der Waals surface area contributed by atoms with Crippen LogP contribution in [0.1, 0.15) is 44.7 Å². The van der Waals surface area contributed by atoms with Crippen molar-refractivity contribution in [2.45, 2.75) is 57.4 Å². The van der Waals surface area contributed by atoms with E-state index >= 15 is 0 Å². The lowest BCUT2D eigenvalue weighted by atomic mass is 10.0. The van der Waals surface area contributed by atoms with Gasteiger partial charge >= 0.3 is 6.18 Å². The van der Waals surface area contributed by atoms with Gasteiger partial charge in [-0.2, -0.15) is 18.4 Å². The Morgan fingerprint density at radius 3 is 2.49 bits per heavy atom. The Labute approximate surface area is 337 Å². The summed E-state index contributed by atoms with van der Waals surface area (Å²) in [7, 11) is 0. The molecular weight excluding hydrogens is 785 g/mol. The van der Waals surface area contributed by atoms with Crippen LogP contribution >= 0.6 is 23.8 Å². The number of ether oxygens (including phenoxy) is 1. The smallest absolute Gasteiger partial charge is 0.417 e. The minimum Gasteiger partial charge on any atom is -0.491 e. The van der Waals surface area contributed by atoms with Crippen LogP contribution in [0.4, 0.5) is 35.9 Å². The molecule has 3 N–H and O–H groups in total. The number of rotatable bonds is 11. The van der Waals surface area contributed by atoms with E-state index in [0.29, 0.717) is 62.0 Å². The number of nitrogens with one attached hydrogen (secondary N) is 3. The first-order chi connectivity index (χ1) is 27.0. The van der Waals surface area contributed by atoms with Crippen molar-refractivity contribution in [2.75, 3.05) is 59.8 Å². The summed E-state index contributed by atoms with van der Waals surface area (Å²) in [5.74, 6) is -0.992. The number of alkyl halides is 3. The number of hydrogen-bond donors (Lipinski definition) is 3. The van der Waals surface area contributed by atoms with Gasteiger partial charge in [0, 0.05) is 55.7 Å². The van der Waals surface area contributed by atoms with E-state index in [0.717, 1.165) is 17.0 Å². The predicted molar refractivity (Wildman–Crippen MR) is 212 cm³/mol. The van der Waals surface area contributed by atoms with Gasteiger partial charge in [0.1, 0.15) is 23.9 Å². The average Bonchev–Trinajstić information content (AvgIpc) is 3.32. The van der Waals surface area contributed by atoms with Crippen LogP contribution in [-0.2, 0) is 25.4 Å². The van der Waals surface area contributed by atoms with Crippen LogP contribution in [-0.4, -0.2) is 95.5 Å². The molecule has 3 aromatic rings. The Morgan fingerprint density at radius 2 is 1.81 bits per heavy atom. The number of thiocarbonyl (C=S) groups is 1. The number of anilines is 4. The zero-order valence-electron chi connectivity index (χ0n) is 31.3. The monoisotopic (exact) mass is 824 g/mol. The first-order valence-electron chi connectivity index (χ1n) is 18.1. The Hall–Kier alpha value is -5.28. The molecule has 0 aromatic heterocycles. The first kappa shape index (κ1) is 41.4. The average molecular weight is 825 g/mol. The van der Waals surface area contributed by atoms with Gasteiger partial charge in [-0.25, -0.2) is 0 Å². The van der Waals surface area contributed by atoms with Crippen molar-refractivity contribution in [2.24, 2.45) is 0 Å². The van der Waals surface area contributed by atoms with E-state index in [4.69, 9.17) is 28.6 Å². The Morgan fingerprint density at radius 1 is 1.07 bits per heavy atom. The fourth-order valence-corrected chi connectivity index (χ4v) is 7.85. The van der Waals surface area contributed by atoms with Crippen LogP contribution in [0.25, 0.3) is 0 Å². The van der Waals surface area contributed by atoms with E-state index in [1.54, 1.807) is 56.3 Å². The molecule has 2 atom stereocenters. The van der Waals surface area contributed by atoms with E-state index in [-0.39, 0.29) is 52.6 Å². The third-order valence-electron chi connectivity index (χ3n) is 10.1. The number of piperidine rings is 1. The number of piperazine rings is 1. The number of nitriles is 1. The molecule has 0 saturated carbocycles. The van der Waals surface area contributed by atoms with Crippen molar-refractivity contribution >= 4 is 75.3 Å². The fraction of sp³-hybridized carbons (Fsp3) is 0.385. The van der Waals surface area contributed by atoms with Crippen LogP contribution in [0.15, 0.2) is 60.7 Å². The van der Waals surface area contributed by atoms with E-state index in [1.165, 1.54) is 17.0 Å². The van der Waals surface area contributed by atoms with E-state index in [2.05, 4.69) is 25.8 Å². The van der Waals surface area contributed by atoms with Gasteiger partial charge in [0.25, 0.3) is 5.91 Å². The summed E-state index contributed by atoms with van der Waals surface area (Å²) in [5.41, 5.74) is -1.45. The number of carbonyl (C=O) groups is 4. The highest BCUT2D eigenvalue weighted by molar-refractivity contribution is 7.81. The molecule has 13 nitrogen and oxygen atoms in total. The van der Waals surface area contributed by atoms with Gasteiger partial charge in [0.2, 0.25) is 17.7 Å². The van der Waals surface area contributed by atoms with E-state index < -0.39 is 34.8 Å². The van der Waals surface area contributed by atoms with Gasteiger partial charge in [-0.1, -0.05) is 17.7 Å². The van der Waals surface area contributed by atoms with E-state index in [9.17, 15) is 37.6 Å². The van der Waals surface area contributed by atoms with Crippen LogP contribution in [0.3, 0.4) is 0 Å². The van der Waals surface area contributed by atoms with Crippen molar-refractivity contribution < 1.29 is 37.1 Å². The summed E-state index contributed by atoms with van der Waals surface area (Å²) in [6.07, 6.45) is -4.16. The largest absolute Gasteiger partial charge is 0.491 e. The second-order valence-corrected chi connectivity index (χ2v) is 15.3. The number of benzene rings is 3. The van der Waals surface area contributed by atoms with Crippen molar-refractivity contribution in [1.82, 2.24) is 15.1 Å².